The van der Waals surface area contributed by atoms with Gasteiger partial charge in [0, 0.05) is 28.7 Å². The van der Waals surface area contributed by atoms with Gasteiger partial charge in [0.15, 0.2) is 5.43 Å². The van der Waals surface area contributed by atoms with Gasteiger partial charge in [-0.25, -0.2) is 0 Å². The van der Waals surface area contributed by atoms with Gasteiger partial charge in [-0.05, 0) is 24.6 Å². The molecule has 1 aliphatic heterocycles. The number of aromatic nitrogens is 1. The molecule has 0 aliphatic carbocycles. The Balaban J connectivity index is 2.21. The molecule has 1 aromatic carbocycles. The molecular formula is C16H16N2O. The van der Waals surface area contributed by atoms with Crippen LogP contribution in [0.2, 0.25) is 0 Å². The molecule has 1 atom stereocenters. The van der Waals surface area contributed by atoms with E-state index in [0.29, 0.717) is 6.54 Å². The maximum absolute atomic E-state index is 12.4. The molecule has 3 heteroatoms. The van der Waals surface area contributed by atoms with E-state index < -0.39 is 0 Å². The summed E-state index contributed by atoms with van der Waals surface area (Å²) in [6.45, 7) is 6.62. The average Bonchev–Trinajstić information content (AvgIpc) is 2.83. The van der Waals surface area contributed by atoms with E-state index in [1.165, 1.54) is 0 Å². The van der Waals surface area contributed by atoms with Crippen LogP contribution in [0, 0.1) is 0 Å². The molecule has 19 heavy (non-hydrogen) atoms. The summed E-state index contributed by atoms with van der Waals surface area (Å²) in [6, 6.07) is 7.63. The molecule has 2 heterocycles. The predicted octanol–water partition coefficient (Wildman–Crippen LogP) is 2.80. The Morgan fingerprint density at radius 2 is 2.21 bits per heavy atom. The Morgan fingerprint density at radius 3 is 3.00 bits per heavy atom. The third kappa shape index (κ3) is 1.83. The van der Waals surface area contributed by atoms with Gasteiger partial charge >= 0.3 is 0 Å². The van der Waals surface area contributed by atoms with Gasteiger partial charge in [-0.2, -0.15) is 0 Å². The third-order valence-corrected chi connectivity index (χ3v) is 3.56. The van der Waals surface area contributed by atoms with E-state index in [0.717, 1.165) is 27.7 Å². The molecular weight excluding hydrogens is 236 g/mol. The number of pyridine rings is 1. The summed E-state index contributed by atoms with van der Waals surface area (Å²) >= 11 is 0. The highest BCUT2D eigenvalue weighted by Gasteiger charge is 2.26. The fourth-order valence-corrected chi connectivity index (χ4v) is 2.65. The highest BCUT2D eigenvalue weighted by molar-refractivity contribution is 5.79. The van der Waals surface area contributed by atoms with Gasteiger partial charge in [0.2, 0.25) is 0 Å². The van der Waals surface area contributed by atoms with Crippen LogP contribution in [0.4, 0.5) is 0 Å². The first kappa shape index (κ1) is 11.9. The number of allylic oxidation sites excluding steroid dienone is 1. The van der Waals surface area contributed by atoms with E-state index in [-0.39, 0.29) is 11.5 Å². The van der Waals surface area contributed by atoms with Gasteiger partial charge in [0.1, 0.15) is 0 Å². The highest BCUT2D eigenvalue weighted by atomic mass is 16.1. The van der Waals surface area contributed by atoms with Crippen LogP contribution in [0.3, 0.4) is 0 Å². The number of nitrogens with one attached hydrogen (secondary N) is 2. The molecule has 0 bridgehead atoms. The van der Waals surface area contributed by atoms with Crippen LogP contribution in [0.25, 0.3) is 10.9 Å². The first-order valence-electron chi connectivity index (χ1n) is 6.41. The average molecular weight is 252 g/mol. The number of para-hydroxylation sites is 1. The fourth-order valence-electron chi connectivity index (χ4n) is 2.65. The number of aromatic amines is 1. The van der Waals surface area contributed by atoms with Crippen LogP contribution >= 0.6 is 0 Å². The zero-order valence-corrected chi connectivity index (χ0v) is 10.9. The summed E-state index contributed by atoms with van der Waals surface area (Å²) in [6.07, 6.45) is 3.93. The van der Waals surface area contributed by atoms with Crippen molar-refractivity contribution in [1.82, 2.24) is 10.3 Å². The summed E-state index contributed by atoms with van der Waals surface area (Å²) in [4.78, 5) is 15.8. The van der Waals surface area contributed by atoms with Crippen molar-refractivity contribution in [1.29, 1.82) is 0 Å². The van der Waals surface area contributed by atoms with E-state index in [2.05, 4.69) is 16.9 Å². The number of rotatable bonds is 2. The van der Waals surface area contributed by atoms with Gasteiger partial charge in [0.25, 0.3) is 0 Å². The summed E-state index contributed by atoms with van der Waals surface area (Å²) in [5.74, 6) is 0. The van der Waals surface area contributed by atoms with E-state index in [9.17, 15) is 4.79 Å². The quantitative estimate of drug-likeness (QED) is 0.807. The maximum atomic E-state index is 12.4. The summed E-state index contributed by atoms with van der Waals surface area (Å²) < 4.78 is 0. The molecule has 0 saturated carbocycles. The topological polar surface area (TPSA) is 44.9 Å². The van der Waals surface area contributed by atoms with Crippen molar-refractivity contribution in [2.24, 2.45) is 0 Å². The second-order valence-corrected chi connectivity index (χ2v) is 4.78. The Bertz CT molecular complexity index is 740. The van der Waals surface area contributed by atoms with E-state index in [1.807, 2.05) is 43.3 Å². The lowest BCUT2D eigenvalue weighted by Crippen LogP contribution is -2.13. The molecule has 96 valence electrons. The second-order valence-electron chi connectivity index (χ2n) is 4.78. The Kier molecular flexibility index (Phi) is 2.84. The highest BCUT2D eigenvalue weighted by Crippen LogP contribution is 2.28. The normalized spacial score (nSPS) is 18.1. The Hall–Kier alpha value is -2.13. The molecule has 0 saturated heterocycles. The van der Waals surface area contributed by atoms with Crippen molar-refractivity contribution >= 4 is 10.9 Å². The Labute approximate surface area is 111 Å². The Morgan fingerprint density at radius 1 is 1.42 bits per heavy atom. The molecule has 2 N–H and O–H groups in total. The number of hydrogen-bond acceptors (Lipinski definition) is 2. The fraction of sp³-hybridized carbons (Fsp3) is 0.188. The summed E-state index contributed by atoms with van der Waals surface area (Å²) in [5.41, 5.74) is 3.74. The molecule has 1 aliphatic rings. The molecule has 0 unspecified atom stereocenters. The first-order chi connectivity index (χ1) is 9.22. The predicted molar refractivity (Wildman–Crippen MR) is 78.1 cm³/mol. The second kappa shape index (κ2) is 4.52. The molecule has 0 radical (unpaired) electrons. The minimum Gasteiger partial charge on any atom is -0.356 e. The minimum absolute atomic E-state index is 0.00325. The molecule has 2 aromatic rings. The van der Waals surface area contributed by atoms with Gasteiger partial charge in [-0.15, -0.1) is 0 Å². The van der Waals surface area contributed by atoms with Crippen LogP contribution in [0.15, 0.2) is 53.4 Å². The van der Waals surface area contributed by atoms with Crippen molar-refractivity contribution in [3.05, 3.63) is 70.1 Å². The number of hydrogen-bond donors (Lipinski definition) is 2. The number of fused-ring (bicyclic) bond motifs is 2. The van der Waals surface area contributed by atoms with Crippen LogP contribution in [-0.2, 0) is 6.54 Å². The molecule has 0 amide bonds. The molecule has 3 rings (SSSR count). The van der Waals surface area contributed by atoms with Crippen LogP contribution in [-0.4, -0.2) is 4.98 Å². The van der Waals surface area contributed by atoms with E-state index in [4.69, 9.17) is 0 Å². The molecule has 3 nitrogen and oxygen atoms in total. The monoisotopic (exact) mass is 252 g/mol. The number of H-pyrrole nitrogens is 1. The van der Waals surface area contributed by atoms with E-state index >= 15 is 0 Å². The SMILES string of the molecule is C=C(/C=C\C)[C@H]1NCc2c1[nH]c1ccccc1c2=O. The van der Waals surface area contributed by atoms with Crippen LogP contribution in [0.5, 0.6) is 0 Å². The first-order valence-corrected chi connectivity index (χ1v) is 6.41. The van der Waals surface area contributed by atoms with Crippen molar-refractivity contribution in [2.75, 3.05) is 0 Å². The van der Waals surface area contributed by atoms with Gasteiger partial charge < -0.3 is 10.3 Å². The lowest BCUT2D eigenvalue weighted by Gasteiger charge is -2.12. The van der Waals surface area contributed by atoms with Gasteiger partial charge in [-0.1, -0.05) is 30.9 Å². The molecule has 0 spiro atoms. The molecule has 1 aromatic heterocycles. The standard InChI is InChI=1S/C16H16N2O/c1-3-6-10(2)14-15-12(9-17-14)16(19)11-7-4-5-8-13(11)18-15/h3-8,14,17H,2,9H2,1H3,(H,18,19)/b6-3-/t14-/m1/s1. The third-order valence-electron chi connectivity index (χ3n) is 3.56. The van der Waals surface area contributed by atoms with Crippen molar-refractivity contribution in [3.8, 4) is 0 Å². The van der Waals surface area contributed by atoms with Crippen molar-refractivity contribution in [2.45, 2.75) is 19.5 Å². The number of benzene rings is 1. The lowest BCUT2D eigenvalue weighted by molar-refractivity contribution is 0.659. The minimum atomic E-state index is 0.00325. The summed E-state index contributed by atoms with van der Waals surface area (Å²) in [7, 11) is 0. The van der Waals surface area contributed by atoms with Gasteiger partial charge in [0.05, 0.1) is 6.04 Å². The van der Waals surface area contributed by atoms with Gasteiger partial charge in [-0.3, -0.25) is 4.79 Å². The summed E-state index contributed by atoms with van der Waals surface area (Å²) in [5, 5.41) is 4.09. The maximum Gasteiger partial charge on any atom is 0.194 e. The van der Waals surface area contributed by atoms with Crippen LogP contribution < -0.4 is 10.7 Å². The smallest absolute Gasteiger partial charge is 0.194 e. The largest absolute Gasteiger partial charge is 0.356 e. The lowest BCUT2D eigenvalue weighted by atomic mass is 10.0. The zero-order valence-electron chi connectivity index (χ0n) is 10.9. The molecule has 0 fully saturated rings. The zero-order chi connectivity index (χ0) is 13.4. The van der Waals surface area contributed by atoms with Crippen LogP contribution in [0.1, 0.15) is 24.2 Å². The van der Waals surface area contributed by atoms with E-state index in [1.54, 1.807) is 0 Å². The van der Waals surface area contributed by atoms with Crippen molar-refractivity contribution < 1.29 is 0 Å². The van der Waals surface area contributed by atoms with Crippen molar-refractivity contribution in [3.63, 3.8) is 0 Å².